The summed E-state index contributed by atoms with van der Waals surface area (Å²) in [5.74, 6) is -0.0737. The fraction of sp³-hybridized carbons (Fsp3) is 0.111. The summed E-state index contributed by atoms with van der Waals surface area (Å²) in [5.41, 5.74) is 1.34. The maximum absolute atomic E-state index is 12.3. The molecule has 0 atom stereocenters. The van der Waals surface area contributed by atoms with Crippen LogP contribution in [0.3, 0.4) is 0 Å². The normalized spacial score (nSPS) is 10.5. The summed E-state index contributed by atoms with van der Waals surface area (Å²) < 4.78 is 15.2. The van der Waals surface area contributed by atoms with E-state index in [4.69, 9.17) is 13.6 Å². The monoisotopic (exact) mass is 310 g/mol. The van der Waals surface area contributed by atoms with Crippen LogP contribution in [0.2, 0.25) is 0 Å². The summed E-state index contributed by atoms with van der Waals surface area (Å²) in [5, 5.41) is 0. The summed E-state index contributed by atoms with van der Waals surface area (Å²) in [6, 6.07) is 12.4. The average molecular weight is 310 g/mol. The van der Waals surface area contributed by atoms with Crippen molar-refractivity contribution in [2.24, 2.45) is 0 Å². The van der Waals surface area contributed by atoms with Gasteiger partial charge in [0.05, 0.1) is 13.4 Å². The van der Waals surface area contributed by atoms with Crippen LogP contribution >= 0.6 is 0 Å². The van der Waals surface area contributed by atoms with E-state index in [1.165, 1.54) is 13.4 Å². The van der Waals surface area contributed by atoms with Crippen LogP contribution in [0.1, 0.15) is 15.9 Å². The number of rotatable bonds is 3. The van der Waals surface area contributed by atoms with Gasteiger partial charge < -0.3 is 13.6 Å². The fourth-order valence-electron chi connectivity index (χ4n) is 2.29. The largest absolute Gasteiger partial charge is 0.465 e. The van der Waals surface area contributed by atoms with E-state index >= 15 is 0 Å². The van der Waals surface area contributed by atoms with Crippen LogP contribution in [0.15, 0.2) is 62.4 Å². The molecular weight excluding hydrogens is 296 g/mol. The maximum atomic E-state index is 12.3. The molecule has 23 heavy (non-hydrogen) atoms. The minimum atomic E-state index is -0.763. The second-order valence-corrected chi connectivity index (χ2v) is 5.02. The van der Waals surface area contributed by atoms with Gasteiger partial charge in [-0.25, -0.2) is 9.59 Å². The molecule has 3 rings (SSSR count). The molecule has 0 radical (unpaired) electrons. The van der Waals surface area contributed by atoms with Gasteiger partial charge in [-0.05, 0) is 30.7 Å². The van der Waals surface area contributed by atoms with Crippen molar-refractivity contribution in [2.45, 2.75) is 6.92 Å². The summed E-state index contributed by atoms with van der Waals surface area (Å²) in [6.45, 7) is 1.96. The van der Waals surface area contributed by atoms with Crippen LogP contribution in [-0.4, -0.2) is 13.1 Å². The highest BCUT2D eigenvalue weighted by Gasteiger charge is 2.22. The van der Waals surface area contributed by atoms with Gasteiger partial charge in [-0.15, -0.1) is 0 Å². The molecule has 0 aliphatic rings. The molecule has 0 amide bonds. The first kappa shape index (κ1) is 14.8. The Kier molecular flexibility index (Phi) is 3.85. The fourth-order valence-corrected chi connectivity index (χ4v) is 2.29. The Morgan fingerprint density at radius 1 is 1.09 bits per heavy atom. The third-order valence-electron chi connectivity index (χ3n) is 3.47. The lowest BCUT2D eigenvalue weighted by Gasteiger charge is -2.08. The molecule has 0 fully saturated rings. The zero-order chi connectivity index (χ0) is 16.4. The Hall–Kier alpha value is -3.08. The number of hydrogen-bond acceptors (Lipinski definition) is 5. The molecule has 2 heterocycles. The van der Waals surface area contributed by atoms with Crippen molar-refractivity contribution in [1.29, 1.82) is 0 Å². The number of esters is 1. The van der Waals surface area contributed by atoms with Crippen LogP contribution in [0.5, 0.6) is 0 Å². The molecule has 5 heteroatoms. The van der Waals surface area contributed by atoms with Gasteiger partial charge in [0.2, 0.25) is 0 Å². The number of furan rings is 1. The molecule has 0 unspecified atom stereocenters. The third kappa shape index (κ3) is 2.81. The predicted molar refractivity (Wildman–Crippen MR) is 84.2 cm³/mol. The van der Waals surface area contributed by atoms with Crippen LogP contribution in [0, 0.1) is 6.92 Å². The van der Waals surface area contributed by atoms with Crippen molar-refractivity contribution >= 4 is 5.97 Å². The minimum Gasteiger partial charge on any atom is -0.465 e. The Labute approximate surface area is 132 Å². The summed E-state index contributed by atoms with van der Waals surface area (Å²) in [4.78, 5) is 24.3. The highest BCUT2D eigenvalue weighted by molar-refractivity contribution is 5.97. The lowest BCUT2D eigenvalue weighted by Crippen LogP contribution is -2.17. The van der Waals surface area contributed by atoms with Gasteiger partial charge in [-0.3, -0.25) is 0 Å². The Morgan fingerprint density at radius 2 is 1.83 bits per heavy atom. The zero-order valence-electron chi connectivity index (χ0n) is 12.7. The average Bonchev–Trinajstić information content (AvgIpc) is 3.08. The molecule has 0 spiro atoms. The number of aryl methyl sites for hydroxylation is 1. The smallest absolute Gasteiger partial charge is 0.351 e. The lowest BCUT2D eigenvalue weighted by atomic mass is 10.00. The van der Waals surface area contributed by atoms with Gasteiger partial charge in [-0.1, -0.05) is 29.8 Å². The van der Waals surface area contributed by atoms with Gasteiger partial charge in [0.1, 0.15) is 0 Å². The second-order valence-electron chi connectivity index (χ2n) is 5.02. The third-order valence-corrected chi connectivity index (χ3v) is 3.47. The van der Waals surface area contributed by atoms with Gasteiger partial charge in [0, 0.05) is 5.56 Å². The van der Waals surface area contributed by atoms with Crippen molar-refractivity contribution in [1.82, 2.24) is 0 Å². The number of ether oxygens (including phenoxy) is 1. The number of methoxy groups -OCH3 is 1. The molecule has 1 aromatic carbocycles. The topological polar surface area (TPSA) is 69.7 Å². The molecule has 2 aromatic heterocycles. The molecule has 0 bridgehead atoms. The van der Waals surface area contributed by atoms with Crippen molar-refractivity contribution in [3.63, 3.8) is 0 Å². The molecule has 0 aliphatic carbocycles. The number of carbonyl (C=O) groups excluding carboxylic acids is 1. The van der Waals surface area contributed by atoms with E-state index in [9.17, 15) is 9.59 Å². The molecule has 3 aromatic rings. The molecule has 5 nitrogen and oxygen atoms in total. The van der Waals surface area contributed by atoms with Gasteiger partial charge >= 0.3 is 11.6 Å². The lowest BCUT2D eigenvalue weighted by molar-refractivity contribution is 0.0596. The number of hydrogen-bond donors (Lipinski definition) is 0. The summed E-state index contributed by atoms with van der Waals surface area (Å²) in [7, 11) is 1.22. The molecule has 0 saturated heterocycles. The van der Waals surface area contributed by atoms with Crippen LogP contribution in [0.25, 0.3) is 22.6 Å². The van der Waals surface area contributed by atoms with Crippen LogP contribution in [-0.2, 0) is 4.74 Å². The van der Waals surface area contributed by atoms with E-state index in [0.717, 1.165) is 11.1 Å². The van der Waals surface area contributed by atoms with Crippen molar-refractivity contribution in [3.05, 3.63) is 70.3 Å². The summed E-state index contributed by atoms with van der Waals surface area (Å²) >= 11 is 0. The molecule has 0 saturated carbocycles. The van der Waals surface area contributed by atoms with Crippen LogP contribution < -0.4 is 5.63 Å². The van der Waals surface area contributed by atoms with Crippen molar-refractivity contribution in [3.8, 4) is 22.6 Å². The minimum absolute atomic E-state index is 0.133. The SMILES string of the molecule is COC(=O)c1c(-c2ccc(C)cc2)cc(-c2ccco2)oc1=O. The Morgan fingerprint density at radius 3 is 2.43 bits per heavy atom. The van der Waals surface area contributed by atoms with E-state index in [2.05, 4.69) is 0 Å². The maximum Gasteiger partial charge on any atom is 0.351 e. The highest BCUT2D eigenvalue weighted by Crippen LogP contribution is 2.28. The predicted octanol–water partition coefficient (Wildman–Crippen LogP) is 3.66. The summed E-state index contributed by atoms with van der Waals surface area (Å²) in [6.07, 6.45) is 1.48. The number of carbonyl (C=O) groups is 1. The standard InChI is InChI=1S/C18H14O5/c1-11-5-7-12(8-6-11)13-10-15(14-4-3-9-22-14)23-18(20)16(13)17(19)21-2/h3-10H,1-2H3. The van der Waals surface area contributed by atoms with Gasteiger partial charge in [0.25, 0.3) is 0 Å². The van der Waals surface area contributed by atoms with E-state index < -0.39 is 11.6 Å². The first-order valence-corrected chi connectivity index (χ1v) is 6.97. The highest BCUT2D eigenvalue weighted by atomic mass is 16.5. The van der Waals surface area contributed by atoms with Crippen molar-refractivity contribution < 1.29 is 18.4 Å². The van der Waals surface area contributed by atoms with Gasteiger partial charge in [0.15, 0.2) is 17.1 Å². The van der Waals surface area contributed by atoms with E-state index in [-0.39, 0.29) is 11.3 Å². The second kappa shape index (κ2) is 5.96. The molecule has 116 valence electrons. The van der Waals surface area contributed by atoms with E-state index in [1.807, 2.05) is 31.2 Å². The molecule has 0 N–H and O–H groups in total. The molecule has 0 aliphatic heterocycles. The molecular formula is C18H14O5. The Bertz CT molecular complexity index is 886. The quantitative estimate of drug-likeness (QED) is 0.690. The van der Waals surface area contributed by atoms with E-state index in [0.29, 0.717) is 11.3 Å². The Balaban J connectivity index is 2.27. The first-order chi connectivity index (χ1) is 11.1. The van der Waals surface area contributed by atoms with Gasteiger partial charge in [-0.2, -0.15) is 0 Å². The zero-order valence-corrected chi connectivity index (χ0v) is 12.7. The number of benzene rings is 1. The van der Waals surface area contributed by atoms with E-state index in [1.54, 1.807) is 18.2 Å². The van der Waals surface area contributed by atoms with Crippen LogP contribution in [0.4, 0.5) is 0 Å². The van der Waals surface area contributed by atoms with Crippen molar-refractivity contribution in [2.75, 3.05) is 7.11 Å². The first-order valence-electron chi connectivity index (χ1n) is 6.97.